The summed E-state index contributed by atoms with van der Waals surface area (Å²) < 4.78 is 0. The molecule has 116 valence electrons. The Bertz CT molecular complexity index is 520. The van der Waals surface area contributed by atoms with Crippen LogP contribution in [0.3, 0.4) is 0 Å². The van der Waals surface area contributed by atoms with Gasteiger partial charge in [0.1, 0.15) is 6.33 Å². The van der Waals surface area contributed by atoms with E-state index in [0.29, 0.717) is 13.1 Å². The lowest BCUT2D eigenvalue weighted by atomic mass is 10.2. The molecule has 3 N–H and O–H groups in total. The highest BCUT2D eigenvalue weighted by Crippen LogP contribution is 2.31. The molecule has 0 spiro atoms. The molecule has 0 aliphatic carbocycles. The number of hydrogen-bond donors (Lipinski definition) is 2. The molecule has 0 bridgehead atoms. The highest BCUT2D eigenvalue weighted by molar-refractivity contribution is 5.81. The molecule has 1 aromatic rings. The van der Waals surface area contributed by atoms with Crippen LogP contribution in [0.25, 0.3) is 0 Å². The second-order valence-electron chi connectivity index (χ2n) is 4.92. The lowest BCUT2D eigenvalue weighted by Gasteiger charge is -2.24. The highest BCUT2D eigenvalue weighted by atomic mass is 16.6. The maximum atomic E-state index is 11.3. The third kappa shape index (κ3) is 4.55. The average molecular weight is 296 g/mol. The van der Waals surface area contributed by atoms with E-state index in [2.05, 4.69) is 15.3 Å². The van der Waals surface area contributed by atoms with Crippen molar-refractivity contribution in [2.75, 3.05) is 29.9 Å². The zero-order valence-electron chi connectivity index (χ0n) is 12.4. The van der Waals surface area contributed by atoms with E-state index < -0.39 is 10.8 Å². The van der Waals surface area contributed by atoms with Crippen LogP contribution in [0.4, 0.5) is 17.3 Å². The number of primary amides is 1. The Kier molecular flexibility index (Phi) is 5.82. The summed E-state index contributed by atoms with van der Waals surface area (Å²) in [6.45, 7) is 6.45. The molecule has 21 heavy (non-hydrogen) atoms. The van der Waals surface area contributed by atoms with Crippen LogP contribution >= 0.6 is 0 Å². The quantitative estimate of drug-likeness (QED) is 0.535. The van der Waals surface area contributed by atoms with Crippen molar-refractivity contribution in [3.05, 3.63) is 16.4 Å². The van der Waals surface area contributed by atoms with E-state index in [1.54, 1.807) is 6.92 Å². The number of aromatic nitrogens is 2. The molecule has 0 radical (unpaired) electrons. The summed E-state index contributed by atoms with van der Waals surface area (Å²) in [5.41, 5.74) is 4.97. The predicted octanol–water partition coefficient (Wildman–Crippen LogP) is 0.764. The number of hydrogen-bond acceptors (Lipinski definition) is 7. The van der Waals surface area contributed by atoms with Crippen molar-refractivity contribution in [3.63, 3.8) is 0 Å². The number of amides is 1. The van der Waals surface area contributed by atoms with Gasteiger partial charge in [-0.3, -0.25) is 14.9 Å². The minimum absolute atomic E-state index is 0.0958. The molecule has 1 heterocycles. The third-order valence-electron chi connectivity index (χ3n) is 2.56. The molecule has 1 aromatic heterocycles. The number of nitrogens with zero attached hydrogens (tertiary/aromatic N) is 4. The van der Waals surface area contributed by atoms with Crippen molar-refractivity contribution in [2.24, 2.45) is 11.7 Å². The van der Waals surface area contributed by atoms with E-state index in [0.717, 1.165) is 0 Å². The molecule has 0 saturated heterocycles. The molecule has 0 aliphatic heterocycles. The summed E-state index contributed by atoms with van der Waals surface area (Å²) in [6.07, 6.45) is 1.23. The molecular weight excluding hydrogens is 276 g/mol. The minimum atomic E-state index is -0.575. The summed E-state index contributed by atoms with van der Waals surface area (Å²) in [4.78, 5) is 31.4. The summed E-state index contributed by atoms with van der Waals surface area (Å²) in [7, 11) is 0. The van der Waals surface area contributed by atoms with E-state index in [1.165, 1.54) is 11.2 Å². The summed E-state index contributed by atoms with van der Waals surface area (Å²) in [5, 5.41) is 14.2. The van der Waals surface area contributed by atoms with Gasteiger partial charge < -0.3 is 16.0 Å². The van der Waals surface area contributed by atoms with Crippen molar-refractivity contribution < 1.29 is 9.72 Å². The van der Waals surface area contributed by atoms with Crippen LogP contribution in [0.5, 0.6) is 0 Å². The van der Waals surface area contributed by atoms with Crippen molar-refractivity contribution >= 4 is 23.2 Å². The topological polar surface area (TPSA) is 127 Å². The number of nitro groups is 1. The molecule has 0 unspecified atom stereocenters. The molecule has 0 atom stereocenters. The molecule has 9 heteroatoms. The third-order valence-corrected chi connectivity index (χ3v) is 2.56. The SMILES string of the molecule is CCNc1ncnc(N(CC(N)=O)CC(C)C)c1[N+](=O)[O-]. The second-order valence-corrected chi connectivity index (χ2v) is 4.92. The fourth-order valence-electron chi connectivity index (χ4n) is 1.92. The minimum Gasteiger partial charge on any atom is -0.368 e. The number of nitrogens with one attached hydrogen (secondary N) is 1. The number of carbonyl (C=O) groups is 1. The molecule has 0 aromatic carbocycles. The van der Waals surface area contributed by atoms with E-state index in [9.17, 15) is 14.9 Å². The van der Waals surface area contributed by atoms with Gasteiger partial charge in [-0.2, -0.15) is 0 Å². The van der Waals surface area contributed by atoms with Gasteiger partial charge in [0.15, 0.2) is 0 Å². The molecule has 0 saturated carbocycles. The summed E-state index contributed by atoms with van der Waals surface area (Å²) >= 11 is 0. The van der Waals surface area contributed by atoms with E-state index in [4.69, 9.17) is 5.73 Å². The van der Waals surface area contributed by atoms with Gasteiger partial charge in [0.05, 0.1) is 11.5 Å². The molecule has 1 rings (SSSR count). The van der Waals surface area contributed by atoms with Gasteiger partial charge in [-0.25, -0.2) is 9.97 Å². The molecule has 1 amide bonds. The van der Waals surface area contributed by atoms with Gasteiger partial charge >= 0.3 is 5.69 Å². The zero-order valence-corrected chi connectivity index (χ0v) is 12.4. The van der Waals surface area contributed by atoms with Crippen LogP contribution < -0.4 is 16.0 Å². The summed E-state index contributed by atoms with van der Waals surface area (Å²) in [6, 6.07) is 0. The van der Waals surface area contributed by atoms with Gasteiger partial charge in [-0.05, 0) is 12.8 Å². The summed E-state index contributed by atoms with van der Waals surface area (Å²) in [5.74, 6) is -0.167. The van der Waals surface area contributed by atoms with Gasteiger partial charge in [-0.15, -0.1) is 0 Å². The number of anilines is 2. The van der Waals surface area contributed by atoms with Gasteiger partial charge in [-0.1, -0.05) is 13.8 Å². The Balaban J connectivity index is 3.31. The highest BCUT2D eigenvalue weighted by Gasteiger charge is 2.27. The molecule has 9 nitrogen and oxygen atoms in total. The lowest BCUT2D eigenvalue weighted by Crippen LogP contribution is -2.37. The monoisotopic (exact) mass is 296 g/mol. The number of rotatable bonds is 8. The molecule has 0 aliphatic rings. The van der Waals surface area contributed by atoms with Crippen molar-refractivity contribution in [1.82, 2.24) is 9.97 Å². The normalized spacial score (nSPS) is 10.5. The Morgan fingerprint density at radius 1 is 1.52 bits per heavy atom. The maximum Gasteiger partial charge on any atom is 0.353 e. The smallest absolute Gasteiger partial charge is 0.353 e. The predicted molar refractivity (Wildman–Crippen MR) is 79.1 cm³/mol. The first-order chi connectivity index (χ1) is 9.86. The van der Waals surface area contributed by atoms with Crippen LogP contribution in [-0.2, 0) is 4.79 Å². The van der Waals surface area contributed by atoms with Crippen LogP contribution in [-0.4, -0.2) is 40.4 Å². The van der Waals surface area contributed by atoms with Crippen molar-refractivity contribution in [1.29, 1.82) is 0 Å². The van der Waals surface area contributed by atoms with Crippen molar-refractivity contribution in [3.8, 4) is 0 Å². The fourth-order valence-corrected chi connectivity index (χ4v) is 1.92. The Morgan fingerprint density at radius 2 is 2.19 bits per heavy atom. The first-order valence-electron chi connectivity index (χ1n) is 6.63. The fraction of sp³-hybridized carbons (Fsp3) is 0.583. The molecular formula is C12H20N6O3. The first kappa shape index (κ1) is 16.6. The Hall–Kier alpha value is -2.45. The van der Waals surface area contributed by atoms with Gasteiger partial charge in [0, 0.05) is 13.1 Å². The number of nitrogens with two attached hydrogens (primary N) is 1. The zero-order chi connectivity index (χ0) is 16.0. The van der Waals surface area contributed by atoms with Crippen LogP contribution in [0, 0.1) is 16.0 Å². The van der Waals surface area contributed by atoms with Crippen molar-refractivity contribution in [2.45, 2.75) is 20.8 Å². The van der Waals surface area contributed by atoms with E-state index >= 15 is 0 Å². The van der Waals surface area contributed by atoms with Gasteiger partial charge in [0.2, 0.25) is 17.5 Å². The number of carbonyl (C=O) groups excluding carboxylic acids is 1. The first-order valence-corrected chi connectivity index (χ1v) is 6.63. The Morgan fingerprint density at radius 3 is 2.67 bits per heavy atom. The standard InChI is InChI=1S/C12H20N6O3/c1-4-14-11-10(18(20)21)12(16-7-15-11)17(5-8(2)3)6-9(13)19/h7-8H,4-6H2,1-3H3,(H2,13,19)(H,14,15,16). The molecule has 0 fully saturated rings. The largest absolute Gasteiger partial charge is 0.368 e. The van der Waals surface area contributed by atoms with E-state index in [-0.39, 0.29) is 29.8 Å². The van der Waals surface area contributed by atoms with Crippen LogP contribution in [0.15, 0.2) is 6.33 Å². The lowest BCUT2D eigenvalue weighted by molar-refractivity contribution is -0.383. The van der Waals surface area contributed by atoms with Gasteiger partial charge in [0.25, 0.3) is 0 Å². The average Bonchev–Trinajstić information content (AvgIpc) is 2.36. The van der Waals surface area contributed by atoms with Crippen LogP contribution in [0.1, 0.15) is 20.8 Å². The Labute approximate surface area is 122 Å². The van der Waals surface area contributed by atoms with Crippen LogP contribution in [0.2, 0.25) is 0 Å². The second kappa shape index (κ2) is 7.36. The maximum absolute atomic E-state index is 11.3. The van der Waals surface area contributed by atoms with E-state index in [1.807, 2.05) is 13.8 Å².